The van der Waals surface area contributed by atoms with Crippen LogP contribution >= 0.6 is 0 Å². The smallest absolute Gasteiger partial charge is 0.0540 e. The van der Waals surface area contributed by atoms with Gasteiger partial charge in [0.1, 0.15) is 0 Å². The van der Waals surface area contributed by atoms with Crippen molar-refractivity contribution >= 4 is 44.9 Å². The molecule has 0 heterocycles. The highest BCUT2D eigenvalue weighted by Gasteiger charge is 2.37. The number of hydrogen-bond acceptors (Lipinski definition) is 2. The Bertz CT molecular complexity index is 2750. The van der Waals surface area contributed by atoms with Crippen molar-refractivity contribution in [1.82, 2.24) is 0 Å². The second-order valence-corrected chi connectivity index (χ2v) is 15.4. The van der Waals surface area contributed by atoms with Crippen molar-refractivity contribution in [3.63, 3.8) is 0 Å². The van der Waals surface area contributed by atoms with Crippen LogP contribution < -0.4 is 9.80 Å². The lowest BCUT2D eigenvalue weighted by molar-refractivity contribution is 0.660. The van der Waals surface area contributed by atoms with Gasteiger partial charge < -0.3 is 9.80 Å². The van der Waals surface area contributed by atoms with E-state index in [9.17, 15) is 0 Å². The molecule has 0 aromatic heterocycles. The fraction of sp³-hybridized carbons (Fsp3) is 0.0545. The summed E-state index contributed by atoms with van der Waals surface area (Å²) < 4.78 is 0. The summed E-state index contributed by atoms with van der Waals surface area (Å²) in [6.45, 7) is 4.76. The fourth-order valence-corrected chi connectivity index (χ4v) is 8.71. The van der Waals surface area contributed by atoms with E-state index < -0.39 is 0 Å². The van der Waals surface area contributed by atoms with Gasteiger partial charge in [-0.3, -0.25) is 0 Å². The fourth-order valence-electron chi connectivity index (χ4n) is 8.71. The van der Waals surface area contributed by atoms with E-state index in [1.54, 1.807) is 0 Å². The quantitative estimate of drug-likeness (QED) is 0.154. The molecule has 0 bridgehead atoms. The zero-order valence-corrected chi connectivity index (χ0v) is 32.2. The molecule has 0 saturated carbocycles. The lowest BCUT2D eigenvalue weighted by atomic mass is 9.82. The van der Waals surface area contributed by atoms with Crippen LogP contribution in [0.15, 0.2) is 218 Å². The highest BCUT2D eigenvalue weighted by atomic mass is 15.1. The van der Waals surface area contributed by atoms with Gasteiger partial charge in [-0.05, 0) is 117 Å². The molecule has 9 aromatic rings. The first kappa shape index (κ1) is 34.3. The largest absolute Gasteiger partial charge is 0.310 e. The maximum atomic E-state index is 2.42. The Hall–Kier alpha value is -7.16. The van der Waals surface area contributed by atoms with Gasteiger partial charge in [-0.2, -0.15) is 0 Å². The molecule has 0 saturated heterocycles. The van der Waals surface area contributed by atoms with Gasteiger partial charge in [-0.25, -0.2) is 0 Å². The minimum Gasteiger partial charge on any atom is -0.310 e. The molecule has 0 spiro atoms. The van der Waals surface area contributed by atoms with E-state index in [0.29, 0.717) is 0 Å². The molecular formula is C55H42N2. The normalized spacial score (nSPS) is 12.5. The lowest BCUT2D eigenvalue weighted by Gasteiger charge is -2.29. The highest BCUT2D eigenvalue weighted by molar-refractivity contribution is 5.99. The molecule has 1 aliphatic carbocycles. The maximum Gasteiger partial charge on any atom is 0.0540 e. The van der Waals surface area contributed by atoms with E-state index in [0.717, 1.165) is 28.4 Å². The predicted octanol–water partition coefficient (Wildman–Crippen LogP) is 15.4. The van der Waals surface area contributed by atoms with Crippen LogP contribution in [0.25, 0.3) is 44.2 Å². The van der Waals surface area contributed by atoms with Crippen LogP contribution in [0.1, 0.15) is 25.0 Å². The maximum absolute atomic E-state index is 2.42. The molecule has 0 radical (unpaired) electrons. The van der Waals surface area contributed by atoms with Gasteiger partial charge in [0.15, 0.2) is 0 Å². The number of para-hydroxylation sites is 1. The highest BCUT2D eigenvalue weighted by Crippen LogP contribution is 2.53. The number of rotatable bonds is 8. The lowest BCUT2D eigenvalue weighted by Crippen LogP contribution is -2.17. The van der Waals surface area contributed by atoms with Gasteiger partial charge in [0.25, 0.3) is 0 Å². The predicted molar refractivity (Wildman–Crippen MR) is 242 cm³/mol. The number of anilines is 6. The SMILES string of the molecule is CC1(C)c2cc(N(c3ccc(-c4ccccc4)cc3)c3ccc(-c4ccccc4)cc3)ccc2-c2ccc(N(c3ccccc3)c3cccc4ccccc34)cc21. The van der Waals surface area contributed by atoms with E-state index in [-0.39, 0.29) is 5.41 Å². The molecule has 0 atom stereocenters. The van der Waals surface area contributed by atoms with Gasteiger partial charge in [0.2, 0.25) is 0 Å². The Morgan fingerprint density at radius 2 is 0.719 bits per heavy atom. The molecule has 0 unspecified atom stereocenters. The van der Waals surface area contributed by atoms with E-state index >= 15 is 0 Å². The van der Waals surface area contributed by atoms with E-state index in [1.807, 2.05) is 0 Å². The standard InChI is InChI=1S/C55H42N2/c1-55(2)52-37-47(56(45-29-25-41(26-30-45)39-15-6-3-7-16-39)46-31-27-42(28-32-46)40-17-8-4-9-18-40)33-35-50(52)51-36-34-48(38-53(51)55)57(44-21-10-5-11-22-44)54-24-14-20-43-19-12-13-23-49(43)54/h3-38H,1-2H3. The summed E-state index contributed by atoms with van der Waals surface area (Å²) >= 11 is 0. The molecule has 9 aromatic carbocycles. The van der Waals surface area contributed by atoms with E-state index in [4.69, 9.17) is 0 Å². The van der Waals surface area contributed by atoms with Crippen molar-refractivity contribution in [3.05, 3.63) is 230 Å². The average molecular weight is 731 g/mol. The Kier molecular flexibility index (Phi) is 8.53. The second-order valence-electron chi connectivity index (χ2n) is 15.4. The molecule has 0 aliphatic heterocycles. The van der Waals surface area contributed by atoms with Crippen LogP contribution in [-0.2, 0) is 5.41 Å². The summed E-state index contributed by atoms with van der Waals surface area (Å²) in [5, 5.41) is 2.46. The Balaban J connectivity index is 1.07. The second kappa shape index (κ2) is 14.2. The van der Waals surface area contributed by atoms with Crippen molar-refractivity contribution in [2.24, 2.45) is 0 Å². The molecule has 2 heteroatoms. The first-order chi connectivity index (χ1) is 28.0. The van der Waals surface area contributed by atoms with Crippen molar-refractivity contribution in [2.75, 3.05) is 9.80 Å². The van der Waals surface area contributed by atoms with Crippen LogP contribution in [0, 0.1) is 0 Å². The molecule has 10 rings (SSSR count). The Morgan fingerprint density at radius 3 is 1.26 bits per heavy atom. The van der Waals surface area contributed by atoms with Gasteiger partial charge in [-0.1, -0.05) is 166 Å². The molecule has 2 nitrogen and oxygen atoms in total. The average Bonchev–Trinajstić information content (AvgIpc) is 3.50. The van der Waals surface area contributed by atoms with Crippen molar-refractivity contribution < 1.29 is 0 Å². The molecule has 272 valence electrons. The van der Waals surface area contributed by atoms with Crippen molar-refractivity contribution in [3.8, 4) is 33.4 Å². The van der Waals surface area contributed by atoms with E-state index in [2.05, 4.69) is 242 Å². The van der Waals surface area contributed by atoms with Crippen molar-refractivity contribution in [1.29, 1.82) is 0 Å². The third kappa shape index (κ3) is 6.16. The van der Waals surface area contributed by atoms with Gasteiger partial charge in [0, 0.05) is 39.2 Å². The minimum atomic E-state index is -0.238. The molecule has 1 aliphatic rings. The van der Waals surface area contributed by atoms with Gasteiger partial charge in [0.05, 0.1) is 5.69 Å². The Labute approximate surface area is 335 Å². The number of benzene rings is 9. The van der Waals surface area contributed by atoms with E-state index in [1.165, 1.54) is 61.0 Å². The molecule has 0 N–H and O–H groups in total. The third-order valence-electron chi connectivity index (χ3n) is 11.6. The monoisotopic (exact) mass is 730 g/mol. The number of fused-ring (bicyclic) bond motifs is 4. The zero-order chi connectivity index (χ0) is 38.3. The molecule has 0 amide bonds. The van der Waals surface area contributed by atoms with Gasteiger partial charge >= 0.3 is 0 Å². The first-order valence-corrected chi connectivity index (χ1v) is 19.8. The summed E-state index contributed by atoms with van der Waals surface area (Å²) in [5.41, 5.74) is 16.7. The molecule has 57 heavy (non-hydrogen) atoms. The van der Waals surface area contributed by atoms with Gasteiger partial charge in [-0.15, -0.1) is 0 Å². The van der Waals surface area contributed by atoms with Crippen molar-refractivity contribution in [2.45, 2.75) is 19.3 Å². The zero-order valence-electron chi connectivity index (χ0n) is 32.2. The van der Waals surface area contributed by atoms with Crippen LogP contribution in [0.4, 0.5) is 34.1 Å². The first-order valence-electron chi connectivity index (χ1n) is 19.8. The summed E-state index contributed by atoms with van der Waals surface area (Å²) in [6.07, 6.45) is 0. The number of hydrogen-bond donors (Lipinski definition) is 0. The molecule has 0 fully saturated rings. The number of nitrogens with zero attached hydrogens (tertiary/aromatic N) is 2. The van der Waals surface area contributed by atoms with Crippen LogP contribution in [0.5, 0.6) is 0 Å². The summed E-state index contributed by atoms with van der Waals surface area (Å²) in [4.78, 5) is 4.80. The Morgan fingerprint density at radius 1 is 0.316 bits per heavy atom. The topological polar surface area (TPSA) is 6.48 Å². The minimum absolute atomic E-state index is 0.238. The van der Waals surface area contributed by atoms with Crippen LogP contribution in [-0.4, -0.2) is 0 Å². The van der Waals surface area contributed by atoms with Crippen LogP contribution in [0.3, 0.4) is 0 Å². The third-order valence-corrected chi connectivity index (χ3v) is 11.6. The molecular weight excluding hydrogens is 689 g/mol. The summed E-state index contributed by atoms with van der Waals surface area (Å²) in [6, 6.07) is 79.2. The summed E-state index contributed by atoms with van der Waals surface area (Å²) in [5.74, 6) is 0. The summed E-state index contributed by atoms with van der Waals surface area (Å²) in [7, 11) is 0. The van der Waals surface area contributed by atoms with Crippen LogP contribution in [0.2, 0.25) is 0 Å².